The summed E-state index contributed by atoms with van der Waals surface area (Å²) in [5, 5.41) is 2.61. The second-order valence-corrected chi connectivity index (χ2v) is 3.10. The Balaban J connectivity index is 2.63. The maximum Gasteiger partial charge on any atom is 0.317 e. The predicted molar refractivity (Wildman–Crippen MR) is 53.1 cm³/mol. The van der Waals surface area contributed by atoms with E-state index in [2.05, 4.69) is 10.3 Å². The first-order valence-electron chi connectivity index (χ1n) is 4.26. The van der Waals surface area contributed by atoms with Crippen LogP contribution in [0.3, 0.4) is 0 Å². The van der Waals surface area contributed by atoms with Crippen molar-refractivity contribution in [2.24, 2.45) is 4.99 Å². The van der Waals surface area contributed by atoms with Gasteiger partial charge >= 0.3 is 6.03 Å². The lowest BCUT2D eigenvalue weighted by molar-refractivity contribution is 0.212. The Morgan fingerprint density at radius 2 is 2.31 bits per heavy atom. The molecule has 0 radical (unpaired) electrons. The lowest BCUT2D eigenvalue weighted by Crippen LogP contribution is -2.36. The minimum absolute atomic E-state index is 0.0288. The number of amides is 2. The second-order valence-electron chi connectivity index (χ2n) is 3.10. The van der Waals surface area contributed by atoms with E-state index < -0.39 is 0 Å². The van der Waals surface area contributed by atoms with Gasteiger partial charge in [0.25, 0.3) is 0 Å². The van der Waals surface area contributed by atoms with Crippen LogP contribution in [0.2, 0.25) is 0 Å². The van der Waals surface area contributed by atoms with E-state index in [1.165, 1.54) is 5.57 Å². The number of carbonyl (C=O) groups is 1. The van der Waals surface area contributed by atoms with Crippen molar-refractivity contribution in [3.63, 3.8) is 0 Å². The molecule has 0 atom stereocenters. The molecule has 4 heteroatoms. The van der Waals surface area contributed by atoms with Gasteiger partial charge in [-0.25, -0.2) is 4.79 Å². The highest BCUT2D eigenvalue weighted by Gasteiger charge is 2.21. The molecule has 0 saturated carbocycles. The molecule has 0 spiro atoms. The van der Waals surface area contributed by atoms with Crippen molar-refractivity contribution in [3.8, 4) is 0 Å². The summed E-state index contributed by atoms with van der Waals surface area (Å²) in [6.45, 7) is 3.41. The summed E-state index contributed by atoms with van der Waals surface area (Å²) < 4.78 is 0. The molecule has 1 aliphatic heterocycles. The minimum atomic E-state index is -0.0288. The zero-order valence-corrected chi connectivity index (χ0v) is 8.29. The molecule has 1 rings (SSSR count). The summed E-state index contributed by atoms with van der Waals surface area (Å²) in [6, 6.07) is -0.0288. The molecule has 0 fully saturated rings. The van der Waals surface area contributed by atoms with Gasteiger partial charge in [-0.3, -0.25) is 4.99 Å². The molecule has 0 aromatic heterocycles. The summed E-state index contributed by atoms with van der Waals surface area (Å²) in [6.07, 6.45) is 1.82. The van der Waals surface area contributed by atoms with Crippen LogP contribution < -0.4 is 5.32 Å². The summed E-state index contributed by atoms with van der Waals surface area (Å²) in [5.74, 6) is 0. The van der Waals surface area contributed by atoms with Crippen molar-refractivity contribution in [1.29, 1.82) is 0 Å². The summed E-state index contributed by atoms with van der Waals surface area (Å²) >= 11 is 0. The van der Waals surface area contributed by atoms with Gasteiger partial charge in [0.1, 0.15) is 0 Å². The minimum Gasteiger partial charge on any atom is -0.341 e. The van der Waals surface area contributed by atoms with Crippen LogP contribution in [0.5, 0.6) is 0 Å². The Bertz CT molecular complexity index is 268. The number of hydrogen-bond acceptors (Lipinski definition) is 2. The SMILES string of the molecule is CN=CC1=C(C)CN(C(=O)NC)C1. The maximum absolute atomic E-state index is 11.3. The van der Waals surface area contributed by atoms with Gasteiger partial charge in [-0.05, 0) is 18.1 Å². The Morgan fingerprint density at radius 3 is 2.85 bits per heavy atom. The van der Waals surface area contributed by atoms with Crippen LogP contribution in [-0.4, -0.2) is 44.3 Å². The van der Waals surface area contributed by atoms with Crippen molar-refractivity contribution >= 4 is 12.2 Å². The Morgan fingerprint density at radius 1 is 1.62 bits per heavy atom. The van der Waals surface area contributed by atoms with E-state index in [1.54, 1.807) is 19.0 Å². The van der Waals surface area contributed by atoms with Gasteiger partial charge in [0.2, 0.25) is 0 Å². The average molecular weight is 181 g/mol. The molecule has 0 aromatic carbocycles. The third-order valence-electron chi connectivity index (χ3n) is 2.12. The van der Waals surface area contributed by atoms with Gasteiger partial charge < -0.3 is 10.2 Å². The van der Waals surface area contributed by atoms with Crippen LogP contribution in [0, 0.1) is 0 Å². The number of urea groups is 1. The van der Waals surface area contributed by atoms with Crippen LogP contribution in [0.1, 0.15) is 6.92 Å². The Labute approximate surface area is 78.3 Å². The van der Waals surface area contributed by atoms with Crippen LogP contribution in [-0.2, 0) is 0 Å². The van der Waals surface area contributed by atoms with Crippen LogP contribution in [0.25, 0.3) is 0 Å². The normalized spacial score (nSPS) is 17.3. The fraction of sp³-hybridized carbons (Fsp3) is 0.556. The number of nitrogens with zero attached hydrogens (tertiary/aromatic N) is 2. The summed E-state index contributed by atoms with van der Waals surface area (Å²) in [7, 11) is 3.38. The third-order valence-corrected chi connectivity index (χ3v) is 2.12. The highest BCUT2D eigenvalue weighted by molar-refractivity contribution is 5.84. The van der Waals surface area contributed by atoms with E-state index in [0.29, 0.717) is 13.1 Å². The van der Waals surface area contributed by atoms with Crippen molar-refractivity contribution < 1.29 is 4.79 Å². The fourth-order valence-corrected chi connectivity index (χ4v) is 1.39. The van der Waals surface area contributed by atoms with E-state index in [-0.39, 0.29) is 6.03 Å². The molecule has 13 heavy (non-hydrogen) atoms. The molecule has 2 amide bonds. The Hall–Kier alpha value is -1.32. The fourth-order valence-electron chi connectivity index (χ4n) is 1.39. The maximum atomic E-state index is 11.3. The lowest BCUT2D eigenvalue weighted by atomic mass is 10.2. The van der Waals surface area contributed by atoms with Crippen LogP contribution in [0.15, 0.2) is 16.1 Å². The molecule has 1 aliphatic rings. The van der Waals surface area contributed by atoms with Gasteiger partial charge in [-0.2, -0.15) is 0 Å². The quantitative estimate of drug-likeness (QED) is 0.593. The third kappa shape index (κ3) is 2.08. The molecule has 72 valence electrons. The predicted octanol–water partition coefficient (Wildman–Crippen LogP) is 0.658. The van der Waals surface area contributed by atoms with Gasteiger partial charge in [-0.15, -0.1) is 0 Å². The van der Waals surface area contributed by atoms with Crippen LogP contribution in [0.4, 0.5) is 4.79 Å². The molecule has 0 aliphatic carbocycles. The topological polar surface area (TPSA) is 44.7 Å². The molecule has 1 N–H and O–H groups in total. The van der Waals surface area contributed by atoms with Crippen molar-refractivity contribution in [1.82, 2.24) is 10.2 Å². The molecular weight excluding hydrogens is 166 g/mol. The van der Waals surface area contributed by atoms with Gasteiger partial charge in [0.15, 0.2) is 0 Å². The molecule has 0 unspecified atom stereocenters. The molecule has 0 aromatic rings. The average Bonchev–Trinajstić information content (AvgIpc) is 2.47. The van der Waals surface area contributed by atoms with E-state index >= 15 is 0 Å². The van der Waals surface area contributed by atoms with E-state index in [1.807, 2.05) is 13.1 Å². The number of rotatable bonds is 1. The molecule has 0 bridgehead atoms. The highest BCUT2D eigenvalue weighted by Crippen LogP contribution is 2.14. The van der Waals surface area contributed by atoms with Crippen molar-refractivity contribution in [2.45, 2.75) is 6.92 Å². The molecule has 1 heterocycles. The van der Waals surface area contributed by atoms with Crippen molar-refractivity contribution in [3.05, 3.63) is 11.1 Å². The first-order chi connectivity index (χ1) is 6.19. The Kier molecular flexibility index (Phi) is 3.06. The molecular formula is C9H15N3O. The number of hydrogen-bond donors (Lipinski definition) is 1. The largest absolute Gasteiger partial charge is 0.341 e. The summed E-state index contributed by atoms with van der Waals surface area (Å²) in [5.41, 5.74) is 2.36. The zero-order chi connectivity index (χ0) is 9.84. The van der Waals surface area contributed by atoms with Gasteiger partial charge in [0.05, 0.1) is 0 Å². The molecule has 4 nitrogen and oxygen atoms in total. The van der Waals surface area contributed by atoms with E-state index in [0.717, 1.165) is 5.57 Å². The lowest BCUT2D eigenvalue weighted by Gasteiger charge is -2.14. The first kappa shape index (κ1) is 9.77. The van der Waals surface area contributed by atoms with Crippen molar-refractivity contribution in [2.75, 3.05) is 27.2 Å². The summed E-state index contributed by atoms with van der Waals surface area (Å²) in [4.78, 5) is 17.0. The van der Waals surface area contributed by atoms with Crippen LogP contribution >= 0.6 is 0 Å². The second kappa shape index (κ2) is 4.07. The number of nitrogens with one attached hydrogen (secondary N) is 1. The van der Waals surface area contributed by atoms with Gasteiger partial charge in [0, 0.05) is 33.4 Å². The number of aliphatic imine (C=N–C) groups is 1. The smallest absolute Gasteiger partial charge is 0.317 e. The zero-order valence-electron chi connectivity index (χ0n) is 8.29. The number of carbonyl (C=O) groups excluding carboxylic acids is 1. The highest BCUT2D eigenvalue weighted by atomic mass is 16.2. The monoisotopic (exact) mass is 181 g/mol. The van der Waals surface area contributed by atoms with Gasteiger partial charge in [-0.1, -0.05) is 0 Å². The standard InChI is InChI=1S/C9H15N3O/c1-7-5-12(9(13)11-3)6-8(7)4-10-2/h4H,5-6H2,1-3H3,(H,11,13). The van der Waals surface area contributed by atoms with E-state index in [4.69, 9.17) is 0 Å². The van der Waals surface area contributed by atoms with E-state index in [9.17, 15) is 4.79 Å². The first-order valence-corrected chi connectivity index (χ1v) is 4.26. The molecule has 0 saturated heterocycles.